The molecule has 1 aliphatic rings. The number of carbonyl (C=O) groups is 1. The molecule has 2 N–H and O–H groups in total. The summed E-state index contributed by atoms with van der Waals surface area (Å²) in [6.07, 6.45) is 1.24. The molecule has 2 unspecified atom stereocenters. The van der Waals surface area contributed by atoms with Crippen LogP contribution in [0.2, 0.25) is 5.28 Å². The van der Waals surface area contributed by atoms with Crippen LogP contribution in [0.25, 0.3) is 10.9 Å². The number of piperazine rings is 1. The molecule has 3 aromatic rings. The van der Waals surface area contributed by atoms with Crippen LogP contribution in [0.3, 0.4) is 0 Å². The quantitative estimate of drug-likeness (QED) is 0.316. The molecule has 38 heavy (non-hydrogen) atoms. The van der Waals surface area contributed by atoms with Gasteiger partial charge in [-0.3, -0.25) is 14.3 Å². The SMILES string of the molecule is CCn1cc(C(=O)O)c(=O)c2cc(F)c(N3CCN(CC(O)Cn4cc([N+](=O)[O-])nc4Cl)C(C)C3)c(F)c21. The number of anilines is 1. The number of pyridine rings is 1. The number of β-amino-alcohol motifs (C(OH)–C–C–N with tert-alkyl or cyclic N) is 1. The van der Waals surface area contributed by atoms with E-state index in [0.717, 1.165) is 18.5 Å². The second-order valence-electron chi connectivity index (χ2n) is 9.10. The highest BCUT2D eigenvalue weighted by atomic mass is 35.5. The van der Waals surface area contributed by atoms with E-state index < -0.39 is 45.4 Å². The van der Waals surface area contributed by atoms with Crippen LogP contribution in [-0.4, -0.2) is 78.4 Å². The Hall–Kier alpha value is -3.62. The monoisotopic (exact) mass is 554 g/mol. The van der Waals surface area contributed by atoms with Gasteiger partial charge in [0.05, 0.1) is 23.6 Å². The van der Waals surface area contributed by atoms with Crippen LogP contribution in [0.1, 0.15) is 24.2 Å². The lowest BCUT2D eigenvalue weighted by molar-refractivity contribution is -0.389. The molecule has 0 radical (unpaired) electrons. The minimum Gasteiger partial charge on any atom is -0.477 e. The van der Waals surface area contributed by atoms with E-state index in [0.29, 0.717) is 6.54 Å². The summed E-state index contributed by atoms with van der Waals surface area (Å²) in [4.78, 5) is 41.3. The molecule has 2 aromatic heterocycles. The van der Waals surface area contributed by atoms with Crippen LogP contribution in [0, 0.1) is 21.7 Å². The third kappa shape index (κ3) is 5.06. The van der Waals surface area contributed by atoms with E-state index in [2.05, 4.69) is 4.98 Å². The molecule has 1 aromatic carbocycles. The lowest BCUT2D eigenvalue weighted by atomic mass is 10.1. The molecule has 0 bridgehead atoms. The first-order valence-electron chi connectivity index (χ1n) is 11.7. The number of nitro groups is 1. The Morgan fingerprint density at radius 2 is 2.00 bits per heavy atom. The standard InChI is InChI=1S/C23H25ClF2N6O6/c1-3-28-10-15(22(35)36)21(34)14-6-16(25)20(18(26)19(14)28)30-5-4-29(12(2)7-30)8-13(33)9-31-11-17(32(37)38)27-23(31)24/h6,10-13,33H,3-5,7-9H2,1-2H3,(H,35,36). The molecule has 1 aliphatic heterocycles. The Balaban J connectivity index is 1.54. The lowest BCUT2D eigenvalue weighted by Gasteiger charge is -2.42. The number of aromatic carboxylic acids is 1. The van der Waals surface area contributed by atoms with Gasteiger partial charge in [-0.25, -0.2) is 13.6 Å². The number of carboxylic acid groups (broad SMARTS) is 1. The molecule has 1 fully saturated rings. The number of imidazole rings is 1. The molecule has 0 spiro atoms. The number of hydrogen-bond acceptors (Lipinski definition) is 8. The Morgan fingerprint density at radius 1 is 1.29 bits per heavy atom. The Kier molecular flexibility index (Phi) is 7.67. The molecule has 204 valence electrons. The van der Waals surface area contributed by atoms with Gasteiger partial charge in [0.2, 0.25) is 5.43 Å². The van der Waals surface area contributed by atoms with Gasteiger partial charge in [0.1, 0.15) is 23.3 Å². The third-order valence-electron chi connectivity index (χ3n) is 6.64. The summed E-state index contributed by atoms with van der Waals surface area (Å²) < 4.78 is 33.5. The molecular formula is C23H25ClF2N6O6. The zero-order valence-corrected chi connectivity index (χ0v) is 21.2. The van der Waals surface area contributed by atoms with Crippen molar-refractivity contribution in [3.05, 3.63) is 61.3 Å². The van der Waals surface area contributed by atoms with Crippen molar-refractivity contribution in [2.24, 2.45) is 0 Å². The summed E-state index contributed by atoms with van der Waals surface area (Å²) >= 11 is 5.91. The van der Waals surface area contributed by atoms with Crippen LogP contribution in [0.4, 0.5) is 20.3 Å². The molecule has 12 nitrogen and oxygen atoms in total. The van der Waals surface area contributed by atoms with E-state index >= 15 is 8.78 Å². The highest BCUT2D eigenvalue weighted by Gasteiger charge is 2.31. The smallest absolute Gasteiger partial charge is 0.383 e. The lowest BCUT2D eigenvalue weighted by Crippen LogP contribution is -2.54. The van der Waals surface area contributed by atoms with Crippen LogP contribution >= 0.6 is 11.6 Å². The van der Waals surface area contributed by atoms with Gasteiger partial charge in [-0.2, -0.15) is 0 Å². The van der Waals surface area contributed by atoms with Crippen molar-refractivity contribution in [1.82, 2.24) is 19.0 Å². The fraction of sp³-hybridized carbons (Fsp3) is 0.435. The number of aliphatic hydroxyl groups is 1. The fourth-order valence-corrected chi connectivity index (χ4v) is 4.99. The molecule has 4 rings (SSSR count). The van der Waals surface area contributed by atoms with Crippen LogP contribution < -0.4 is 10.3 Å². The largest absolute Gasteiger partial charge is 0.477 e. The second-order valence-corrected chi connectivity index (χ2v) is 9.44. The number of hydrogen-bond donors (Lipinski definition) is 2. The van der Waals surface area contributed by atoms with Gasteiger partial charge in [-0.1, -0.05) is 0 Å². The van der Waals surface area contributed by atoms with Gasteiger partial charge < -0.3 is 29.8 Å². The van der Waals surface area contributed by atoms with Gasteiger partial charge in [0.15, 0.2) is 5.82 Å². The molecule has 0 saturated carbocycles. The molecule has 3 heterocycles. The average molecular weight is 555 g/mol. The van der Waals surface area contributed by atoms with Gasteiger partial charge in [0, 0.05) is 45.0 Å². The first-order chi connectivity index (χ1) is 17.9. The zero-order valence-electron chi connectivity index (χ0n) is 20.5. The Labute approximate surface area is 219 Å². The number of aromatic nitrogens is 3. The highest BCUT2D eigenvalue weighted by molar-refractivity contribution is 6.28. The van der Waals surface area contributed by atoms with E-state index in [9.17, 15) is 29.9 Å². The number of benzene rings is 1. The maximum Gasteiger partial charge on any atom is 0.383 e. The van der Waals surface area contributed by atoms with Crippen molar-refractivity contribution in [2.75, 3.05) is 31.1 Å². The van der Waals surface area contributed by atoms with Gasteiger partial charge >= 0.3 is 17.1 Å². The predicted molar refractivity (Wildman–Crippen MR) is 134 cm³/mol. The number of fused-ring (bicyclic) bond motifs is 1. The van der Waals surface area contributed by atoms with Gasteiger partial charge in [-0.15, -0.1) is 0 Å². The molecule has 2 atom stereocenters. The van der Waals surface area contributed by atoms with Crippen molar-refractivity contribution < 1.29 is 28.7 Å². The average Bonchev–Trinajstić information content (AvgIpc) is 3.21. The summed E-state index contributed by atoms with van der Waals surface area (Å²) in [5, 5.41) is 30.3. The summed E-state index contributed by atoms with van der Waals surface area (Å²) in [7, 11) is 0. The maximum absolute atomic E-state index is 15.7. The van der Waals surface area contributed by atoms with E-state index in [4.69, 9.17) is 11.6 Å². The number of nitrogens with zero attached hydrogens (tertiary/aromatic N) is 6. The van der Waals surface area contributed by atoms with Gasteiger partial charge in [-0.05, 0) is 41.4 Å². The predicted octanol–water partition coefficient (Wildman–Crippen LogP) is 2.33. The third-order valence-corrected chi connectivity index (χ3v) is 6.94. The van der Waals surface area contributed by atoms with Crippen LogP contribution in [-0.2, 0) is 13.1 Å². The second kappa shape index (κ2) is 10.6. The minimum atomic E-state index is -1.48. The van der Waals surface area contributed by atoms with E-state index in [1.807, 2.05) is 11.8 Å². The molecular weight excluding hydrogens is 530 g/mol. The van der Waals surface area contributed by atoms with Crippen molar-refractivity contribution >= 4 is 40.0 Å². The highest BCUT2D eigenvalue weighted by Crippen LogP contribution is 2.31. The summed E-state index contributed by atoms with van der Waals surface area (Å²) in [6, 6.07) is 0.632. The van der Waals surface area contributed by atoms with E-state index in [1.165, 1.54) is 14.0 Å². The molecule has 0 aliphatic carbocycles. The van der Waals surface area contributed by atoms with Crippen molar-refractivity contribution in [3.63, 3.8) is 0 Å². The number of aliphatic hydroxyl groups excluding tert-OH is 1. The van der Waals surface area contributed by atoms with Crippen molar-refractivity contribution in [1.29, 1.82) is 0 Å². The number of aryl methyl sites for hydroxylation is 1. The number of carboxylic acids is 1. The molecule has 15 heteroatoms. The molecule has 1 saturated heterocycles. The maximum atomic E-state index is 15.7. The Bertz CT molecular complexity index is 1480. The first-order valence-corrected chi connectivity index (χ1v) is 12.1. The van der Waals surface area contributed by atoms with Crippen molar-refractivity contribution in [3.8, 4) is 0 Å². The Morgan fingerprint density at radius 3 is 2.58 bits per heavy atom. The van der Waals surface area contributed by atoms with Crippen molar-refractivity contribution in [2.45, 2.75) is 39.1 Å². The number of halogens is 3. The van der Waals surface area contributed by atoms with E-state index in [1.54, 1.807) is 6.92 Å². The fourth-order valence-electron chi connectivity index (χ4n) is 4.79. The van der Waals surface area contributed by atoms with E-state index in [-0.39, 0.29) is 60.6 Å². The topological polar surface area (TPSA) is 147 Å². The summed E-state index contributed by atoms with van der Waals surface area (Å²) in [6.45, 7) is 4.52. The minimum absolute atomic E-state index is 0.0343. The normalized spacial score (nSPS) is 17.2. The summed E-state index contributed by atoms with van der Waals surface area (Å²) in [5.74, 6) is -3.84. The zero-order chi connectivity index (χ0) is 27.9. The van der Waals surface area contributed by atoms with Crippen LogP contribution in [0.15, 0.2) is 23.3 Å². The van der Waals surface area contributed by atoms with Gasteiger partial charge in [0.25, 0.3) is 0 Å². The summed E-state index contributed by atoms with van der Waals surface area (Å²) in [5.41, 5.74) is -2.02. The number of rotatable bonds is 8. The first kappa shape index (κ1) is 27.4. The molecule has 0 amide bonds. The van der Waals surface area contributed by atoms with Crippen LogP contribution in [0.5, 0.6) is 0 Å².